The van der Waals surface area contributed by atoms with Crippen molar-refractivity contribution in [1.82, 2.24) is 5.32 Å². The van der Waals surface area contributed by atoms with Crippen LogP contribution in [0.25, 0.3) is 0 Å². The SMILES string of the molecule is NC(=O)OCC(=O)NCc1cccc(Cl)c1F. The van der Waals surface area contributed by atoms with E-state index in [1.54, 1.807) is 6.07 Å². The number of benzene rings is 1. The van der Waals surface area contributed by atoms with Gasteiger partial charge in [0.2, 0.25) is 0 Å². The summed E-state index contributed by atoms with van der Waals surface area (Å²) in [5, 5.41) is 2.33. The lowest BCUT2D eigenvalue weighted by Gasteiger charge is -2.06. The van der Waals surface area contributed by atoms with E-state index in [0.29, 0.717) is 0 Å². The molecule has 5 nitrogen and oxygen atoms in total. The van der Waals surface area contributed by atoms with Gasteiger partial charge in [-0.25, -0.2) is 9.18 Å². The maximum absolute atomic E-state index is 13.4. The maximum atomic E-state index is 13.4. The minimum atomic E-state index is -1.05. The van der Waals surface area contributed by atoms with Crippen molar-refractivity contribution in [3.05, 3.63) is 34.6 Å². The predicted octanol–water partition coefficient (Wildman–Crippen LogP) is 1.19. The van der Waals surface area contributed by atoms with Gasteiger partial charge in [0, 0.05) is 12.1 Å². The number of hydrogen-bond donors (Lipinski definition) is 2. The standard InChI is InChI=1S/C10H10ClFN2O3/c11-7-3-1-2-6(9(7)12)4-14-8(15)5-17-10(13)16/h1-3H,4-5H2,(H2,13,16)(H,14,15). The van der Waals surface area contributed by atoms with Crippen molar-refractivity contribution in [3.63, 3.8) is 0 Å². The number of hydrogen-bond acceptors (Lipinski definition) is 3. The van der Waals surface area contributed by atoms with Crippen LogP contribution in [-0.2, 0) is 16.1 Å². The molecule has 0 spiro atoms. The van der Waals surface area contributed by atoms with Gasteiger partial charge in [-0.15, -0.1) is 0 Å². The molecule has 0 bridgehead atoms. The molecule has 0 aliphatic carbocycles. The number of nitrogens with one attached hydrogen (secondary N) is 1. The second-order valence-electron chi connectivity index (χ2n) is 3.10. The van der Waals surface area contributed by atoms with E-state index < -0.39 is 24.4 Å². The highest BCUT2D eigenvalue weighted by Crippen LogP contribution is 2.17. The van der Waals surface area contributed by atoms with Crippen molar-refractivity contribution in [2.24, 2.45) is 5.73 Å². The van der Waals surface area contributed by atoms with Gasteiger partial charge in [0.05, 0.1) is 5.02 Å². The zero-order valence-electron chi connectivity index (χ0n) is 8.70. The van der Waals surface area contributed by atoms with Gasteiger partial charge in [-0.1, -0.05) is 23.7 Å². The number of primary amides is 1. The zero-order chi connectivity index (χ0) is 12.8. The van der Waals surface area contributed by atoms with Gasteiger partial charge in [-0.05, 0) is 6.07 Å². The van der Waals surface area contributed by atoms with Crippen molar-refractivity contribution >= 4 is 23.6 Å². The van der Waals surface area contributed by atoms with Crippen LogP contribution in [0.15, 0.2) is 18.2 Å². The number of nitrogens with two attached hydrogens (primary N) is 1. The van der Waals surface area contributed by atoms with Gasteiger partial charge < -0.3 is 15.8 Å². The van der Waals surface area contributed by atoms with Crippen molar-refractivity contribution in [3.8, 4) is 0 Å². The molecule has 7 heteroatoms. The molecule has 0 fully saturated rings. The van der Waals surface area contributed by atoms with E-state index in [1.807, 2.05) is 0 Å². The first-order valence-electron chi connectivity index (χ1n) is 4.62. The average Bonchev–Trinajstić information content (AvgIpc) is 2.28. The third-order valence-corrected chi connectivity index (χ3v) is 2.15. The van der Waals surface area contributed by atoms with E-state index in [1.165, 1.54) is 12.1 Å². The number of ether oxygens (including phenoxy) is 1. The van der Waals surface area contributed by atoms with Crippen LogP contribution in [0.4, 0.5) is 9.18 Å². The van der Waals surface area contributed by atoms with E-state index >= 15 is 0 Å². The van der Waals surface area contributed by atoms with Gasteiger partial charge in [-0.3, -0.25) is 4.79 Å². The number of carbonyl (C=O) groups excluding carboxylic acids is 2. The summed E-state index contributed by atoms with van der Waals surface area (Å²) in [4.78, 5) is 21.3. The van der Waals surface area contributed by atoms with Crippen molar-refractivity contribution in [1.29, 1.82) is 0 Å². The van der Waals surface area contributed by atoms with Crippen LogP contribution in [0.5, 0.6) is 0 Å². The van der Waals surface area contributed by atoms with E-state index in [-0.39, 0.29) is 17.1 Å². The molecular formula is C10H10ClFN2O3. The number of rotatable bonds is 4. The summed E-state index contributed by atoms with van der Waals surface area (Å²) in [7, 11) is 0. The molecule has 1 aromatic rings. The molecule has 0 aliphatic heterocycles. The van der Waals surface area contributed by atoms with Crippen LogP contribution < -0.4 is 11.1 Å². The third-order valence-electron chi connectivity index (χ3n) is 1.85. The molecule has 1 rings (SSSR count). The lowest BCUT2D eigenvalue weighted by atomic mass is 10.2. The largest absolute Gasteiger partial charge is 0.440 e. The number of halogens is 2. The fourth-order valence-electron chi connectivity index (χ4n) is 1.07. The third kappa shape index (κ3) is 4.28. The molecule has 0 atom stereocenters. The molecule has 3 N–H and O–H groups in total. The average molecular weight is 261 g/mol. The Morgan fingerprint density at radius 1 is 1.47 bits per heavy atom. The van der Waals surface area contributed by atoms with E-state index in [4.69, 9.17) is 11.6 Å². The van der Waals surface area contributed by atoms with Gasteiger partial charge in [0.1, 0.15) is 5.82 Å². The monoisotopic (exact) mass is 260 g/mol. The van der Waals surface area contributed by atoms with Gasteiger partial charge in [0.15, 0.2) is 6.61 Å². The Labute approximate surface area is 102 Å². The Kier molecular flexibility index (Phi) is 4.71. The first-order valence-corrected chi connectivity index (χ1v) is 5.00. The molecule has 0 saturated carbocycles. The van der Waals surface area contributed by atoms with Crippen LogP contribution in [0, 0.1) is 5.82 Å². The van der Waals surface area contributed by atoms with Gasteiger partial charge >= 0.3 is 6.09 Å². The van der Waals surface area contributed by atoms with Crippen LogP contribution in [-0.4, -0.2) is 18.6 Å². The topological polar surface area (TPSA) is 81.4 Å². The van der Waals surface area contributed by atoms with Crippen molar-refractivity contribution < 1.29 is 18.7 Å². The molecule has 2 amide bonds. The van der Waals surface area contributed by atoms with Crippen LogP contribution in [0.1, 0.15) is 5.56 Å². The molecule has 17 heavy (non-hydrogen) atoms. The van der Waals surface area contributed by atoms with Crippen LogP contribution in [0.2, 0.25) is 5.02 Å². The zero-order valence-corrected chi connectivity index (χ0v) is 9.46. The quantitative estimate of drug-likeness (QED) is 0.853. The Morgan fingerprint density at radius 3 is 2.82 bits per heavy atom. The second kappa shape index (κ2) is 6.05. The molecule has 1 aromatic carbocycles. The normalized spacial score (nSPS) is 9.76. The van der Waals surface area contributed by atoms with Crippen LogP contribution in [0.3, 0.4) is 0 Å². The lowest BCUT2D eigenvalue weighted by molar-refractivity contribution is -0.124. The van der Waals surface area contributed by atoms with Gasteiger partial charge in [-0.2, -0.15) is 0 Å². The Balaban J connectivity index is 2.47. The Hall–Kier alpha value is -1.82. The van der Waals surface area contributed by atoms with Crippen LogP contribution >= 0.6 is 11.6 Å². The highest BCUT2D eigenvalue weighted by Gasteiger charge is 2.08. The van der Waals surface area contributed by atoms with E-state index in [2.05, 4.69) is 15.8 Å². The predicted molar refractivity (Wildman–Crippen MR) is 58.8 cm³/mol. The second-order valence-corrected chi connectivity index (χ2v) is 3.50. The molecule has 0 radical (unpaired) electrons. The summed E-state index contributed by atoms with van der Waals surface area (Å²) in [6.07, 6.45) is -1.05. The van der Waals surface area contributed by atoms with Crippen molar-refractivity contribution in [2.75, 3.05) is 6.61 Å². The molecule has 0 aromatic heterocycles. The highest BCUT2D eigenvalue weighted by atomic mass is 35.5. The Bertz CT molecular complexity index is 440. The highest BCUT2D eigenvalue weighted by molar-refractivity contribution is 6.30. The van der Waals surface area contributed by atoms with Crippen molar-refractivity contribution in [2.45, 2.75) is 6.54 Å². The molecular weight excluding hydrogens is 251 g/mol. The molecule has 0 heterocycles. The minimum absolute atomic E-state index is 0.0230. The molecule has 0 aliphatic rings. The summed E-state index contributed by atoms with van der Waals surface area (Å²) in [5.74, 6) is -1.17. The fourth-order valence-corrected chi connectivity index (χ4v) is 1.26. The molecule has 0 saturated heterocycles. The minimum Gasteiger partial charge on any atom is -0.440 e. The molecule has 92 valence electrons. The number of amides is 2. The molecule has 0 unspecified atom stereocenters. The number of carbonyl (C=O) groups is 2. The summed E-state index contributed by atoms with van der Waals surface area (Å²) in [5.41, 5.74) is 4.91. The summed E-state index contributed by atoms with van der Waals surface area (Å²) in [6, 6.07) is 4.45. The fraction of sp³-hybridized carbons (Fsp3) is 0.200. The maximum Gasteiger partial charge on any atom is 0.405 e. The Morgan fingerprint density at radius 2 is 2.18 bits per heavy atom. The summed E-state index contributed by atoms with van der Waals surface area (Å²) >= 11 is 5.56. The lowest BCUT2D eigenvalue weighted by Crippen LogP contribution is -2.29. The van der Waals surface area contributed by atoms with E-state index in [9.17, 15) is 14.0 Å². The smallest absolute Gasteiger partial charge is 0.405 e. The first-order chi connectivity index (χ1) is 8.00. The first kappa shape index (κ1) is 13.2. The summed E-state index contributed by atoms with van der Waals surface area (Å²) < 4.78 is 17.6. The van der Waals surface area contributed by atoms with Gasteiger partial charge in [0.25, 0.3) is 5.91 Å². The summed E-state index contributed by atoms with van der Waals surface area (Å²) in [6.45, 7) is -0.551. The van der Waals surface area contributed by atoms with E-state index in [0.717, 1.165) is 0 Å².